The lowest BCUT2D eigenvalue weighted by Gasteiger charge is -2.25. The van der Waals surface area contributed by atoms with Crippen molar-refractivity contribution < 1.29 is 0 Å². The van der Waals surface area contributed by atoms with E-state index in [0.717, 1.165) is 12.2 Å². The molecule has 0 bridgehead atoms. The Morgan fingerprint density at radius 3 is 2.53 bits per heavy atom. The molecule has 2 N–H and O–H groups in total. The maximum absolute atomic E-state index is 6.06. The molecular weight excluding hydrogens is 254 g/mol. The van der Waals surface area contributed by atoms with E-state index in [1.807, 2.05) is 11.3 Å². The molecule has 1 aromatic heterocycles. The van der Waals surface area contributed by atoms with Crippen LogP contribution in [0.4, 0.5) is 5.69 Å². The molecule has 0 fully saturated rings. The smallest absolute Gasteiger partial charge is 0.196 e. The summed E-state index contributed by atoms with van der Waals surface area (Å²) in [4.78, 5) is 9.19. The number of nitrogens with zero attached hydrogens (tertiary/aromatic N) is 2. The van der Waals surface area contributed by atoms with Crippen LogP contribution >= 0.6 is 11.3 Å². The summed E-state index contributed by atoms with van der Waals surface area (Å²) >= 11 is 1.82. The van der Waals surface area contributed by atoms with E-state index in [1.165, 1.54) is 15.3 Å². The van der Waals surface area contributed by atoms with Crippen molar-refractivity contribution in [2.24, 2.45) is 10.7 Å². The number of nitrogens with two attached hydrogens (primary N) is 1. The average Bonchev–Trinajstić information content (AvgIpc) is 2.97. The predicted molar refractivity (Wildman–Crippen MR) is 81.9 cm³/mol. The van der Waals surface area contributed by atoms with Crippen LogP contribution in [0.3, 0.4) is 0 Å². The molecule has 3 nitrogen and oxygen atoms in total. The number of aliphatic imine (C=N–C) groups is 1. The Morgan fingerprint density at radius 1 is 1.16 bits per heavy atom. The van der Waals surface area contributed by atoms with Crippen molar-refractivity contribution in [1.29, 1.82) is 0 Å². The molecule has 1 aliphatic heterocycles. The lowest BCUT2D eigenvalue weighted by atomic mass is 10.1. The highest BCUT2D eigenvalue weighted by Crippen LogP contribution is 2.34. The molecule has 0 radical (unpaired) electrons. The van der Waals surface area contributed by atoms with E-state index in [0.29, 0.717) is 5.96 Å². The first-order chi connectivity index (χ1) is 9.15. The van der Waals surface area contributed by atoms with Gasteiger partial charge in [0.2, 0.25) is 0 Å². The normalized spacial score (nSPS) is 18.7. The van der Waals surface area contributed by atoms with Gasteiger partial charge in [0, 0.05) is 15.4 Å². The van der Waals surface area contributed by atoms with Crippen LogP contribution in [0.2, 0.25) is 0 Å². The quantitative estimate of drug-likeness (QED) is 0.911. The van der Waals surface area contributed by atoms with Crippen LogP contribution in [0.1, 0.15) is 21.4 Å². The van der Waals surface area contributed by atoms with Gasteiger partial charge in [0.25, 0.3) is 0 Å². The van der Waals surface area contributed by atoms with Crippen LogP contribution in [-0.4, -0.2) is 12.5 Å². The molecule has 3 rings (SSSR count). The van der Waals surface area contributed by atoms with Gasteiger partial charge in [-0.1, -0.05) is 17.7 Å². The minimum atomic E-state index is 0.237. The van der Waals surface area contributed by atoms with Crippen LogP contribution in [-0.2, 0) is 0 Å². The third-order valence-corrected chi connectivity index (χ3v) is 4.49. The summed E-state index contributed by atoms with van der Waals surface area (Å²) in [6.07, 6.45) is 0. The van der Waals surface area contributed by atoms with E-state index >= 15 is 0 Å². The van der Waals surface area contributed by atoms with Gasteiger partial charge < -0.3 is 10.6 Å². The molecule has 0 saturated carbocycles. The van der Waals surface area contributed by atoms with Crippen molar-refractivity contribution in [2.45, 2.75) is 19.9 Å². The standard InChI is InChI=1S/C15H17N3S/c1-10-3-6-12(7-4-10)18-13(9-17-15(18)16)14-8-5-11(2)19-14/h3-8,13H,9H2,1-2H3,(H2,16,17). The summed E-state index contributed by atoms with van der Waals surface area (Å²) < 4.78 is 0. The lowest BCUT2D eigenvalue weighted by molar-refractivity contribution is 0.784. The molecule has 19 heavy (non-hydrogen) atoms. The number of thiophene rings is 1. The minimum absolute atomic E-state index is 0.237. The molecule has 0 aliphatic carbocycles. The zero-order valence-corrected chi connectivity index (χ0v) is 11.9. The zero-order valence-electron chi connectivity index (χ0n) is 11.1. The van der Waals surface area contributed by atoms with Crippen molar-refractivity contribution in [2.75, 3.05) is 11.4 Å². The molecular formula is C15H17N3S. The summed E-state index contributed by atoms with van der Waals surface area (Å²) in [5.41, 5.74) is 8.43. The van der Waals surface area contributed by atoms with Crippen molar-refractivity contribution in [3.8, 4) is 0 Å². The summed E-state index contributed by atoms with van der Waals surface area (Å²) in [6, 6.07) is 13.0. The SMILES string of the molecule is Cc1ccc(N2C(N)=NCC2c2ccc(C)s2)cc1. The number of guanidine groups is 1. The van der Waals surface area contributed by atoms with Gasteiger partial charge in [-0.15, -0.1) is 11.3 Å². The number of anilines is 1. The van der Waals surface area contributed by atoms with Crippen LogP contribution in [0.15, 0.2) is 41.4 Å². The number of rotatable bonds is 2. The van der Waals surface area contributed by atoms with E-state index in [4.69, 9.17) is 5.73 Å². The first-order valence-corrected chi connectivity index (χ1v) is 7.19. The molecule has 2 aromatic rings. The molecule has 1 aliphatic rings. The fraction of sp³-hybridized carbons (Fsp3) is 0.267. The molecule has 1 aromatic carbocycles. The third kappa shape index (κ3) is 2.24. The molecule has 0 saturated heterocycles. The number of aryl methyl sites for hydroxylation is 2. The predicted octanol–water partition coefficient (Wildman–Crippen LogP) is 3.24. The van der Waals surface area contributed by atoms with Gasteiger partial charge in [-0.3, -0.25) is 4.99 Å². The Kier molecular flexibility index (Phi) is 3.03. The van der Waals surface area contributed by atoms with Gasteiger partial charge in [0.15, 0.2) is 5.96 Å². The van der Waals surface area contributed by atoms with E-state index in [2.05, 4.69) is 60.1 Å². The van der Waals surface area contributed by atoms with Crippen molar-refractivity contribution >= 4 is 23.0 Å². The van der Waals surface area contributed by atoms with Crippen molar-refractivity contribution in [1.82, 2.24) is 0 Å². The maximum Gasteiger partial charge on any atom is 0.196 e. The Morgan fingerprint density at radius 2 is 1.89 bits per heavy atom. The van der Waals surface area contributed by atoms with Gasteiger partial charge in [0.1, 0.15) is 0 Å². The van der Waals surface area contributed by atoms with Gasteiger partial charge in [-0.2, -0.15) is 0 Å². The second kappa shape index (κ2) is 4.70. The first-order valence-electron chi connectivity index (χ1n) is 6.37. The monoisotopic (exact) mass is 271 g/mol. The minimum Gasteiger partial charge on any atom is -0.369 e. The largest absolute Gasteiger partial charge is 0.369 e. The van der Waals surface area contributed by atoms with Crippen molar-refractivity contribution in [3.63, 3.8) is 0 Å². The molecule has 4 heteroatoms. The fourth-order valence-corrected chi connectivity index (χ4v) is 3.32. The van der Waals surface area contributed by atoms with E-state index < -0.39 is 0 Å². The lowest BCUT2D eigenvalue weighted by Crippen LogP contribution is -2.35. The Bertz CT molecular complexity index is 613. The fourth-order valence-electron chi connectivity index (χ4n) is 2.36. The number of hydrogen-bond acceptors (Lipinski definition) is 4. The van der Waals surface area contributed by atoms with Gasteiger partial charge in [-0.25, -0.2) is 0 Å². The van der Waals surface area contributed by atoms with Gasteiger partial charge in [-0.05, 0) is 38.1 Å². The molecule has 1 unspecified atom stereocenters. The summed E-state index contributed by atoms with van der Waals surface area (Å²) in [6.45, 7) is 4.95. The van der Waals surface area contributed by atoms with Gasteiger partial charge in [0.05, 0.1) is 12.6 Å². The Hall–Kier alpha value is -1.81. The summed E-state index contributed by atoms with van der Waals surface area (Å²) in [5.74, 6) is 0.611. The highest BCUT2D eigenvalue weighted by molar-refractivity contribution is 7.12. The van der Waals surface area contributed by atoms with Crippen LogP contribution in [0.25, 0.3) is 0 Å². The molecule has 98 valence electrons. The van der Waals surface area contributed by atoms with Crippen molar-refractivity contribution in [3.05, 3.63) is 51.7 Å². The summed E-state index contributed by atoms with van der Waals surface area (Å²) in [7, 11) is 0. The third-order valence-electron chi connectivity index (χ3n) is 3.39. The zero-order chi connectivity index (χ0) is 13.4. The molecule has 1 atom stereocenters. The second-order valence-corrected chi connectivity index (χ2v) is 6.19. The van der Waals surface area contributed by atoms with E-state index in [1.54, 1.807) is 0 Å². The van der Waals surface area contributed by atoms with Crippen LogP contribution in [0.5, 0.6) is 0 Å². The van der Waals surface area contributed by atoms with Crippen LogP contribution in [0, 0.1) is 13.8 Å². The van der Waals surface area contributed by atoms with E-state index in [-0.39, 0.29) is 6.04 Å². The molecule has 0 spiro atoms. The summed E-state index contributed by atoms with van der Waals surface area (Å²) in [5, 5.41) is 0. The Balaban J connectivity index is 1.96. The second-order valence-electron chi connectivity index (χ2n) is 4.87. The Labute approximate surface area is 117 Å². The van der Waals surface area contributed by atoms with Gasteiger partial charge >= 0.3 is 0 Å². The first kappa shape index (κ1) is 12.2. The average molecular weight is 271 g/mol. The van der Waals surface area contributed by atoms with Crippen LogP contribution < -0.4 is 10.6 Å². The van der Waals surface area contributed by atoms with E-state index in [9.17, 15) is 0 Å². The maximum atomic E-state index is 6.06. The highest BCUT2D eigenvalue weighted by atomic mass is 32.1. The molecule has 2 heterocycles. The number of hydrogen-bond donors (Lipinski definition) is 1. The number of benzene rings is 1. The topological polar surface area (TPSA) is 41.6 Å². The highest BCUT2D eigenvalue weighted by Gasteiger charge is 2.29. The molecule has 0 amide bonds.